The summed E-state index contributed by atoms with van der Waals surface area (Å²) in [5.41, 5.74) is -0.579. The lowest BCUT2D eigenvalue weighted by molar-refractivity contribution is -0.137. The van der Waals surface area contributed by atoms with E-state index in [0.717, 1.165) is 12.1 Å². The number of amides is 2. The van der Waals surface area contributed by atoms with Crippen molar-refractivity contribution in [3.05, 3.63) is 105 Å². The minimum atomic E-state index is -4.89. The van der Waals surface area contributed by atoms with E-state index < -0.39 is 46.8 Å². The number of nitrogens with one attached hydrogen (secondary N) is 3. The number of halogens is 6. The maximum Gasteiger partial charge on any atom is 0.416 e. The zero-order chi connectivity index (χ0) is 28.1. The van der Waals surface area contributed by atoms with Gasteiger partial charge in [-0.2, -0.15) is 18.3 Å². The number of aryl methyl sites for hydroxylation is 1. The molecule has 0 fully saturated rings. The molecule has 7 nitrogen and oxygen atoms in total. The van der Waals surface area contributed by atoms with Gasteiger partial charge in [0.2, 0.25) is 0 Å². The number of rotatable bonds is 5. The Hall–Kier alpha value is -4.45. The number of carbonyl (C=O) groups excluding carboxylic acids is 2. The van der Waals surface area contributed by atoms with Crippen LogP contribution in [-0.2, 0) is 13.2 Å². The summed E-state index contributed by atoms with van der Waals surface area (Å²) < 4.78 is 69.3. The number of alkyl halides is 3. The number of nitrogens with zero attached hydrogens (tertiary/aromatic N) is 2. The summed E-state index contributed by atoms with van der Waals surface area (Å²) in [6, 6.07) is 6.94. The maximum atomic E-state index is 14.1. The van der Waals surface area contributed by atoms with Crippen molar-refractivity contribution >= 4 is 40.5 Å². The van der Waals surface area contributed by atoms with E-state index in [1.807, 2.05) is 0 Å². The zero-order valence-corrected chi connectivity index (χ0v) is 20.6. The fraction of sp³-hybridized carbons (Fsp3) is 0.115. The summed E-state index contributed by atoms with van der Waals surface area (Å²) >= 11 is 6.29. The minimum absolute atomic E-state index is 0.00499. The highest BCUT2D eigenvalue weighted by Gasteiger charge is 2.36. The van der Waals surface area contributed by atoms with Gasteiger partial charge in [0.25, 0.3) is 11.8 Å². The summed E-state index contributed by atoms with van der Waals surface area (Å²) in [5, 5.41) is 12.4. The third-order valence-corrected chi connectivity index (χ3v) is 6.33. The van der Waals surface area contributed by atoms with Gasteiger partial charge in [-0.3, -0.25) is 14.3 Å². The lowest BCUT2D eigenvalue weighted by Crippen LogP contribution is -2.21. The second-order valence-electron chi connectivity index (χ2n) is 8.77. The van der Waals surface area contributed by atoms with Crippen LogP contribution in [0.15, 0.2) is 60.9 Å². The molecule has 39 heavy (non-hydrogen) atoms. The van der Waals surface area contributed by atoms with Gasteiger partial charge in [0.15, 0.2) is 0 Å². The molecule has 4 aromatic rings. The molecule has 2 heterocycles. The molecule has 3 aromatic carbocycles. The molecule has 0 saturated heterocycles. The van der Waals surface area contributed by atoms with Gasteiger partial charge >= 0.3 is 6.18 Å². The van der Waals surface area contributed by atoms with Crippen LogP contribution in [0.25, 0.3) is 0 Å². The van der Waals surface area contributed by atoms with Crippen molar-refractivity contribution < 1.29 is 31.5 Å². The maximum absolute atomic E-state index is 14.1. The smallest absolute Gasteiger partial charge is 0.353 e. The molecule has 0 unspecified atom stereocenters. The number of hydrogen-bond donors (Lipinski definition) is 3. The lowest BCUT2D eigenvalue weighted by Gasteiger charge is -2.19. The topological polar surface area (TPSA) is 88.0 Å². The number of aromatic nitrogens is 2. The van der Waals surface area contributed by atoms with E-state index in [1.165, 1.54) is 29.1 Å². The first-order valence-electron chi connectivity index (χ1n) is 11.3. The Balaban J connectivity index is 1.62. The molecule has 0 saturated carbocycles. The van der Waals surface area contributed by atoms with E-state index in [2.05, 4.69) is 21.0 Å². The van der Waals surface area contributed by atoms with Crippen molar-refractivity contribution in [2.24, 2.45) is 7.05 Å². The van der Waals surface area contributed by atoms with E-state index in [9.17, 15) is 31.5 Å². The number of anilines is 3. The van der Waals surface area contributed by atoms with Crippen molar-refractivity contribution in [1.29, 1.82) is 0 Å². The quantitative estimate of drug-likeness (QED) is 0.253. The predicted molar refractivity (Wildman–Crippen MR) is 133 cm³/mol. The number of hydrogen-bond acceptors (Lipinski definition) is 4. The zero-order valence-electron chi connectivity index (χ0n) is 19.8. The summed E-state index contributed by atoms with van der Waals surface area (Å²) in [6.45, 7) is 0. The molecule has 0 radical (unpaired) electrons. The monoisotopic (exact) mass is 561 g/mol. The van der Waals surface area contributed by atoms with E-state index in [4.69, 9.17) is 11.6 Å². The largest absolute Gasteiger partial charge is 0.416 e. The molecule has 0 aliphatic carbocycles. The first kappa shape index (κ1) is 26.2. The van der Waals surface area contributed by atoms with Crippen LogP contribution < -0.4 is 16.0 Å². The molecule has 1 atom stereocenters. The predicted octanol–water partition coefficient (Wildman–Crippen LogP) is 6.20. The van der Waals surface area contributed by atoms with Crippen LogP contribution in [0.1, 0.15) is 43.4 Å². The van der Waals surface area contributed by atoms with Gasteiger partial charge in [-0.05, 0) is 48.5 Å². The lowest BCUT2D eigenvalue weighted by atomic mass is 9.95. The van der Waals surface area contributed by atoms with Crippen LogP contribution in [0.5, 0.6) is 0 Å². The molecule has 1 aliphatic rings. The molecular formula is C26H17ClF5N5O2. The first-order chi connectivity index (χ1) is 18.4. The molecule has 13 heteroatoms. The van der Waals surface area contributed by atoms with Crippen molar-refractivity contribution in [2.75, 3.05) is 10.6 Å². The minimum Gasteiger partial charge on any atom is -0.353 e. The van der Waals surface area contributed by atoms with Crippen molar-refractivity contribution in [3.63, 3.8) is 0 Å². The fourth-order valence-electron chi connectivity index (χ4n) is 4.31. The Morgan fingerprint density at radius 1 is 1.05 bits per heavy atom. The van der Waals surface area contributed by atoms with Gasteiger partial charge in [-0.15, -0.1) is 0 Å². The number of fused-ring (bicyclic) bond motifs is 1. The van der Waals surface area contributed by atoms with Crippen LogP contribution in [0, 0.1) is 11.6 Å². The second-order valence-corrected chi connectivity index (χ2v) is 9.17. The Bertz CT molecular complexity index is 1640. The molecule has 5 rings (SSSR count). The van der Waals surface area contributed by atoms with Crippen molar-refractivity contribution in [2.45, 2.75) is 12.2 Å². The van der Waals surface area contributed by atoms with Crippen LogP contribution in [0.4, 0.5) is 39.0 Å². The molecule has 0 bridgehead atoms. The molecule has 200 valence electrons. The molecular weight excluding hydrogens is 545 g/mol. The van der Waals surface area contributed by atoms with Crippen molar-refractivity contribution in [3.8, 4) is 0 Å². The Kier molecular flexibility index (Phi) is 6.51. The van der Waals surface area contributed by atoms with E-state index in [0.29, 0.717) is 23.5 Å². The highest BCUT2D eigenvalue weighted by molar-refractivity contribution is 6.31. The van der Waals surface area contributed by atoms with Crippen LogP contribution in [-0.4, -0.2) is 21.6 Å². The molecule has 1 aromatic heterocycles. The standard InChI is InChI=1S/C26H17ClF5N5O2/c1-37-11-17(10-33-37)34-16-8-19-22(23(36-25(19)39)18-7-14(28)2-3-20(18)27)21(9-16)35-24(38)12-4-13(26(30,31)32)6-15(29)5-12/h2-11,23,34H,1H3,(H,35,38)(H,36,39)/t23-/m1/s1. The van der Waals surface area contributed by atoms with Gasteiger partial charge in [0, 0.05) is 51.9 Å². The summed E-state index contributed by atoms with van der Waals surface area (Å²) in [5.74, 6) is -3.51. The Morgan fingerprint density at radius 2 is 1.82 bits per heavy atom. The molecule has 2 amide bonds. The summed E-state index contributed by atoms with van der Waals surface area (Å²) in [7, 11) is 1.69. The summed E-state index contributed by atoms with van der Waals surface area (Å²) in [4.78, 5) is 26.1. The molecule has 3 N–H and O–H groups in total. The van der Waals surface area contributed by atoms with E-state index >= 15 is 0 Å². The van der Waals surface area contributed by atoms with Gasteiger partial charge in [-0.25, -0.2) is 8.78 Å². The van der Waals surface area contributed by atoms with Crippen LogP contribution in [0.2, 0.25) is 5.02 Å². The third-order valence-electron chi connectivity index (χ3n) is 5.99. The normalized spacial score (nSPS) is 14.6. The van der Waals surface area contributed by atoms with Crippen LogP contribution >= 0.6 is 11.6 Å². The fourth-order valence-corrected chi connectivity index (χ4v) is 4.54. The average Bonchev–Trinajstić information content (AvgIpc) is 3.42. The number of carbonyl (C=O) groups is 2. The summed E-state index contributed by atoms with van der Waals surface area (Å²) in [6.07, 6.45) is -1.74. The van der Waals surface area contributed by atoms with Gasteiger partial charge < -0.3 is 16.0 Å². The van der Waals surface area contributed by atoms with Crippen molar-refractivity contribution in [1.82, 2.24) is 15.1 Å². The van der Waals surface area contributed by atoms with Gasteiger partial charge in [-0.1, -0.05) is 11.6 Å². The van der Waals surface area contributed by atoms with Gasteiger partial charge in [0.1, 0.15) is 11.6 Å². The van der Waals surface area contributed by atoms with E-state index in [1.54, 1.807) is 13.2 Å². The Labute approximate surface area is 222 Å². The Morgan fingerprint density at radius 3 is 2.51 bits per heavy atom. The average molecular weight is 562 g/mol. The molecule has 0 spiro atoms. The van der Waals surface area contributed by atoms with Gasteiger partial charge in [0.05, 0.1) is 23.5 Å². The first-order valence-corrected chi connectivity index (χ1v) is 11.7. The van der Waals surface area contributed by atoms with Crippen LogP contribution in [0.3, 0.4) is 0 Å². The third kappa shape index (κ3) is 5.28. The second kappa shape index (κ2) is 9.70. The highest BCUT2D eigenvalue weighted by Crippen LogP contribution is 2.41. The SMILES string of the molecule is Cn1cc(Nc2cc(NC(=O)c3cc(F)cc(C(F)(F)F)c3)c3c(c2)C(=O)N[C@@H]3c2cc(F)ccc2Cl)cn1. The van der Waals surface area contributed by atoms with E-state index in [-0.39, 0.29) is 33.5 Å². The molecule has 1 aliphatic heterocycles. The number of benzene rings is 3. The highest BCUT2D eigenvalue weighted by atomic mass is 35.5.